The highest BCUT2D eigenvalue weighted by atomic mass is 16.5. The molecule has 0 unspecified atom stereocenters. The summed E-state index contributed by atoms with van der Waals surface area (Å²) in [5.41, 5.74) is 6.98. The normalized spacial score (nSPS) is 14.0. The standard InChI is InChI=1S/C31H32N2O4/c1-3-19-14-23-16-25(17-24(23)15-20(19)4-2)32-29(35)18-22-10-12-27(30-26(22)11-13-28(34)33-30)37-31(36)21-8-6-5-7-9-21/h5-15,25,29,32,35H,3-4,16-18H2,1-2H3,(H,33,34)/t29-/m1/s1. The predicted octanol–water partition coefficient (Wildman–Crippen LogP) is 4.49. The summed E-state index contributed by atoms with van der Waals surface area (Å²) in [6.07, 6.45) is 3.44. The summed E-state index contributed by atoms with van der Waals surface area (Å²) in [4.78, 5) is 27.5. The predicted molar refractivity (Wildman–Crippen MR) is 145 cm³/mol. The lowest BCUT2D eigenvalue weighted by Gasteiger charge is -2.19. The molecule has 5 rings (SSSR count). The average Bonchev–Trinajstić information content (AvgIpc) is 3.30. The maximum Gasteiger partial charge on any atom is 0.343 e. The summed E-state index contributed by atoms with van der Waals surface area (Å²) >= 11 is 0. The number of hydrogen-bond donors (Lipinski definition) is 3. The molecule has 1 heterocycles. The number of aromatic amines is 1. The lowest BCUT2D eigenvalue weighted by atomic mass is 9.97. The molecular formula is C31H32N2O4. The number of nitrogens with one attached hydrogen (secondary N) is 2. The number of carbonyl (C=O) groups is 1. The van der Waals surface area contributed by atoms with Gasteiger partial charge in [-0.3, -0.25) is 10.1 Å². The molecule has 1 aliphatic rings. The molecule has 0 saturated heterocycles. The molecule has 0 fully saturated rings. The Labute approximate surface area is 216 Å². The minimum atomic E-state index is -0.761. The molecular weight excluding hydrogens is 464 g/mol. The first-order valence-electron chi connectivity index (χ1n) is 12.9. The van der Waals surface area contributed by atoms with Crippen molar-refractivity contribution in [3.63, 3.8) is 0 Å². The summed E-state index contributed by atoms with van der Waals surface area (Å²) in [5, 5.41) is 15.1. The van der Waals surface area contributed by atoms with Crippen molar-refractivity contribution in [2.24, 2.45) is 0 Å². The lowest BCUT2D eigenvalue weighted by Crippen LogP contribution is -2.40. The van der Waals surface area contributed by atoms with E-state index in [2.05, 4.69) is 36.3 Å². The maximum absolute atomic E-state index is 12.6. The van der Waals surface area contributed by atoms with Crippen LogP contribution in [-0.4, -0.2) is 28.3 Å². The number of pyridine rings is 1. The van der Waals surface area contributed by atoms with E-state index in [4.69, 9.17) is 4.74 Å². The highest BCUT2D eigenvalue weighted by Gasteiger charge is 2.25. The first kappa shape index (κ1) is 24.9. The van der Waals surface area contributed by atoms with Crippen molar-refractivity contribution in [3.8, 4) is 5.75 Å². The van der Waals surface area contributed by atoms with Gasteiger partial charge in [-0.1, -0.05) is 50.2 Å². The van der Waals surface area contributed by atoms with Crippen LogP contribution in [0.3, 0.4) is 0 Å². The van der Waals surface area contributed by atoms with Gasteiger partial charge in [-0.2, -0.15) is 0 Å². The number of aromatic nitrogens is 1. The number of H-pyrrole nitrogens is 1. The van der Waals surface area contributed by atoms with Crippen LogP contribution in [0.15, 0.2) is 71.5 Å². The van der Waals surface area contributed by atoms with Gasteiger partial charge in [0.05, 0.1) is 11.1 Å². The molecule has 0 saturated carbocycles. The number of benzene rings is 3. The third kappa shape index (κ3) is 5.36. The summed E-state index contributed by atoms with van der Waals surface area (Å²) in [5.74, 6) is -0.225. The molecule has 190 valence electrons. The second-order valence-corrected chi connectivity index (χ2v) is 9.68. The lowest BCUT2D eigenvalue weighted by molar-refractivity contribution is 0.0736. The second-order valence-electron chi connectivity index (χ2n) is 9.68. The zero-order valence-corrected chi connectivity index (χ0v) is 21.2. The molecule has 0 aliphatic heterocycles. The highest BCUT2D eigenvalue weighted by Crippen LogP contribution is 2.29. The largest absolute Gasteiger partial charge is 0.421 e. The van der Waals surface area contributed by atoms with E-state index in [9.17, 15) is 14.7 Å². The first-order valence-corrected chi connectivity index (χ1v) is 12.9. The van der Waals surface area contributed by atoms with E-state index in [1.54, 1.807) is 36.4 Å². The van der Waals surface area contributed by atoms with Gasteiger partial charge in [-0.15, -0.1) is 0 Å². The SMILES string of the molecule is CCc1cc2c(cc1CC)CC(N[C@H](O)Cc1ccc(OC(=O)c3ccccc3)c3[nH]c(=O)ccc13)C2. The van der Waals surface area contributed by atoms with E-state index >= 15 is 0 Å². The van der Waals surface area contributed by atoms with E-state index in [0.717, 1.165) is 36.6 Å². The zero-order chi connectivity index (χ0) is 25.9. The molecule has 4 aromatic rings. The molecule has 0 bridgehead atoms. The summed E-state index contributed by atoms with van der Waals surface area (Å²) < 4.78 is 5.62. The monoisotopic (exact) mass is 496 g/mol. The van der Waals surface area contributed by atoms with E-state index in [1.165, 1.54) is 28.3 Å². The smallest absolute Gasteiger partial charge is 0.343 e. The van der Waals surface area contributed by atoms with Crippen molar-refractivity contribution in [2.45, 2.75) is 58.2 Å². The van der Waals surface area contributed by atoms with Gasteiger partial charge in [-0.25, -0.2) is 4.79 Å². The molecule has 6 nitrogen and oxygen atoms in total. The minimum Gasteiger partial charge on any atom is -0.421 e. The average molecular weight is 497 g/mol. The van der Waals surface area contributed by atoms with Gasteiger partial charge in [-0.05, 0) is 77.8 Å². The summed E-state index contributed by atoms with van der Waals surface area (Å²) in [6.45, 7) is 4.39. The van der Waals surface area contributed by atoms with Crippen LogP contribution in [0.5, 0.6) is 5.75 Å². The van der Waals surface area contributed by atoms with Gasteiger partial charge in [0.25, 0.3) is 0 Å². The van der Waals surface area contributed by atoms with Crippen LogP contribution in [0.25, 0.3) is 10.9 Å². The molecule has 6 heteroatoms. The summed E-state index contributed by atoms with van der Waals surface area (Å²) in [7, 11) is 0. The molecule has 1 atom stereocenters. The number of esters is 1. The molecule has 3 aromatic carbocycles. The Morgan fingerprint density at radius 3 is 2.30 bits per heavy atom. The van der Waals surface area contributed by atoms with Gasteiger partial charge in [0.1, 0.15) is 6.23 Å². The van der Waals surface area contributed by atoms with E-state index < -0.39 is 12.2 Å². The number of hydrogen-bond acceptors (Lipinski definition) is 5. The quantitative estimate of drug-likeness (QED) is 0.190. The van der Waals surface area contributed by atoms with Gasteiger partial charge < -0.3 is 14.8 Å². The maximum atomic E-state index is 12.6. The molecule has 0 amide bonds. The second kappa shape index (κ2) is 10.7. The van der Waals surface area contributed by atoms with Crippen LogP contribution >= 0.6 is 0 Å². The Morgan fingerprint density at radius 2 is 1.65 bits per heavy atom. The number of fused-ring (bicyclic) bond motifs is 2. The van der Waals surface area contributed by atoms with Crippen LogP contribution in [0, 0.1) is 0 Å². The molecule has 0 spiro atoms. The van der Waals surface area contributed by atoms with Crippen LogP contribution in [-0.2, 0) is 32.1 Å². The summed E-state index contributed by atoms with van der Waals surface area (Å²) in [6, 6.07) is 20.2. The van der Waals surface area contributed by atoms with Crippen LogP contribution in [0.2, 0.25) is 0 Å². The number of rotatable bonds is 8. The van der Waals surface area contributed by atoms with Gasteiger partial charge in [0.2, 0.25) is 5.56 Å². The van der Waals surface area contributed by atoms with Crippen LogP contribution in [0.1, 0.15) is 52.0 Å². The van der Waals surface area contributed by atoms with E-state index in [0.29, 0.717) is 17.5 Å². The van der Waals surface area contributed by atoms with Gasteiger partial charge in [0, 0.05) is 23.9 Å². The fourth-order valence-electron chi connectivity index (χ4n) is 5.37. The minimum absolute atomic E-state index is 0.166. The molecule has 1 aromatic heterocycles. The number of aliphatic hydroxyl groups is 1. The van der Waals surface area contributed by atoms with Crippen molar-refractivity contribution < 1.29 is 14.6 Å². The Kier molecular flexibility index (Phi) is 7.22. The Morgan fingerprint density at radius 1 is 0.973 bits per heavy atom. The van der Waals surface area contributed by atoms with Crippen LogP contribution in [0.4, 0.5) is 0 Å². The van der Waals surface area contributed by atoms with Crippen molar-refractivity contribution in [3.05, 3.63) is 110 Å². The van der Waals surface area contributed by atoms with Gasteiger partial charge >= 0.3 is 5.97 Å². The van der Waals surface area contributed by atoms with Gasteiger partial charge in [0.15, 0.2) is 5.75 Å². The Bertz CT molecular complexity index is 1460. The number of aliphatic hydroxyl groups excluding tert-OH is 1. The van der Waals surface area contributed by atoms with E-state index in [1.807, 2.05) is 12.1 Å². The topological polar surface area (TPSA) is 91.4 Å². The Hall–Kier alpha value is -3.74. The molecule has 0 radical (unpaired) electrons. The van der Waals surface area contributed by atoms with Crippen molar-refractivity contribution in [1.82, 2.24) is 10.3 Å². The third-order valence-corrected chi connectivity index (χ3v) is 7.22. The van der Waals surface area contributed by atoms with Crippen molar-refractivity contribution in [2.75, 3.05) is 0 Å². The van der Waals surface area contributed by atoms with Crippen molar-refractivity contribution in [1.29, 1.82) is 0 Å². The number of ether oxygens (including phenoxy) is 1. The molecule has 37 heavy (non-hydrogen) atoms. The third-order valence-electron chi connectivity index (χ3n) is 7.22. The van der Waals surface area contributed by atoms with E-state index in [-0.39, 0.29) is 17.4 Å². The highest BCUT2D eigenvalue weighted by molar-refractivity contribution is 5.95. The Balaban J connectivity index is 1.32. The number of carbonyl (C=O) groups excluding carboxylic acids is 1. The first-order chi connectivity index (χ1) is 17.9. The fourth-order valence-corrected chi connectivity index (χ4v) is 5.37. The zero-order valence-electron chi connectivity index (χ0n) is 21.2. The van der Waals surface area contributed by atoms with Crippen LogP contribution < -0.4 is 15.6 Å². The molecule has 3 N–H and O–H groups in total. The number of aryl methyl sites for hydroxylation is 2. The fraction of sp³-hybridized carbons (Fsp3) is 0.290. The molecule has 1 aliphatic carbocycles. The van der Waals surface area contributed by atoms with Crippen molar-refractivity contribution >= 4 is 16.9 Å².